The molecular weight excluding hydrogens is 278 g/mol. The van der Waals surface area contributed by atoms with Crippen molar-refractivity contribution in [3.8, 4) is 5.75 Å². The smallest absolute Gasteiger partial charge is 0.343 e. The fraction of sp³-hybridized carbons (Fsp3) is 0.111. The summed E-state index contributed by atoms with van der Waals surface area (Å²) in [6.07, 6.45) is 0.484. The Morgan fingerprint density at radius 1 is 1.05 bits per heavy atom. The van der Waals surface area contributed by atoms with Crippen molar-refractivity contribution in [2.75, 3.05) is 0 Å². The number of carbonyl (C=O) groups is 1. The van der Waals surface area contributed by atoms with E-state index in [0.29, 0.717) is 28.8 Å². The summed E-state index contributed by atoms with van der Waals surface area (Å²) in [6.45, 7) is 1.86. The number of hydrogen-bond donors (Lipinski definition) is 1. The summed E-state index contributed by atoms with van der Waals surface area (Å²) in [6, 6.07) is 16.0. The first-order chi connectivity index (χ1) is 10.7. The van der Waals surface area contributed by atoms with Gasteiger partial charge < -0.3 is 9.72 Å². The number of pyridine rings is 1. The molecule has 0 bridgehead atoms. The molecule has 0 spiro atoms. The van der Waals surface area contributed by atoms with Crippen molar-refractivity contribution in [3.63, 3.8) is 0 Å². The predicted molar refractivity (Wildman–Crippen MR) is 85.3 cm³/mol. The van der Waals surface area contributed by atoms with Crippen molar-refractivity contribution in [3.05, 3.63) is 76.1 Å². The number of esters is 1. The lowest BCUT2D eigenvalue weighted by atomic mass is 10.1. The second-order valence-electron chi connectivity index (χ2n) is 4.92. The first-order valence-electron chi connectivity index (χ1n) is 7.12. The van der Waals surface area contributed by atoms with Crippen LogP contribution in [0.5, 0.6) is 5.75 Å². The van der Waals surface area contributed by atoms with Gasteiger partial charge in [-0.05, 0) is 30.7 Å². The summed E-state index contributed by atoms with van der Waals surface area (Å²) in [5.41, 5.74) is 1.36. The number of benzene rings is 2. The number of aromatic nitrogens is 1. The summed E-state index contributed by atoms with van der Waals surface area (Å²) < 4.78 is 5.56. The Hall–Kier alpha value is -2.88. The Bertz CT molecular complexity index is 882. The third-order valence-electron chi connectivity index (χ3n) is 3.53. The average Bonchev–Trinajstić information content (AvgIpc) is 2.55. The molecule has 0 aliphatic rings. The van der Waals surface area contributed by atoms with E-state index >= 15 is 0 Å². The van der Waals surface area contributed by atoms with Crippen molar-refractivity contribution in [1.82, 2.24) is 4.98 Å². The van der Waals surface area contributed by atoms with Gasteiger partial charge in [-0.25, -0.2) is 4.79 Å². The first kappa shape index (κ1) is 14.1. The van der Waals surface area contributed by atoms with Crippen molar-refractivity contribution in [2.24, 2.45) is 0 Å². The normalized spacial score (nSPS) is 10.6. The number of nitrogens with one attached hydrogen (secondary N) is 1. The molecule has 3 rings (SSSR count). The number of hydrogen-bond acceptors (Lipinski definition) is 3. The molecule has 0 aliphatic carbocycles. The Balaban J connectivity index is 2.13. The van der Waals surface area contributed by atoms with E-state index < -0.39 is 5.97 Å². The molecule has 0 unspecified atom stereocenters. The van der Waals surface area contributed by atoms with Gasteiger partial charge in [0.2, 0.25) is 0 Å². The Kier molecular flexibility index (Phi) is 3.74. The summed E-state index contributed by atoms with van der Waals surface area (Å²) in [7, 11) is 0. The van der Waals surface area contributed by atoms with Gasteiger partial charge in [0.1, 0.15) is 5.75 Å². The third kappa shape index (κ3) is 2.51. The van der Waals surface area contributed by atoms with Crippen LogP contribution in [0.3, 0.4) is 0 Å². The summed E-state index contributed by atoms with van der Waals surface area (Å²) in [4.78, 5) is 27.3. The molecule has 1 aromatic heterocycles. The Morgan fingerprint density at radius 3 is 2.45 bits per heavy atom. The monoisotopic (exact) mass is 293 g/mol. The molecule has 0 saturated carbocycles. The van der Waals surface area contributed by atoms with Crippen molar-refractivity contribution < 1.29 is 9.53 Å². The van der Waals surface area contributed by atoms with Crippen LogP contribution in [0.1, 0.15) is 22.8 Å². The van der Waals surface area contributed by atoms with Crippen LogP contribution in [0.25, 0.3) is 10.9 Å². The fourth-order valence-electron chi connectivity index (χ4n) is 2.42. The van der Waals surface area contributed by atoms with Crippen molar-refractivity contribution >= 4 is 16.9 Å². The van der Waals surface area contributed by atoms with Crippen molar-refractivity contribution in [1.29, 1.82) is 0 Å². The molecule has 4 nitrogen and oxygen atoms in total. The lowest BCUT2D eigenvalue weighted by Crippen LogP contribution is -2.17. The maximum Gasteiger partial charge on any atom is 0.343 e. The van der Waals surface area contributed by atoms with Crippen LogP contribution in [0.15, 0.2) is 59.4 Å². The molecular formula is C18H15NO3. The lowest BCUT2D eigenvalue weighted by Gasteiger charge is -2.11. The van der Waals surface area contributed by atoms with Gasteiger partial charge in [-0.2, -0.15) is 0 Å². The Labute approximate surface area is 127 Å². The van der Waals surface area contributed by atoms with Crippen LogP contribution < -0.4 is 10.3 Å². The molecule has 0 radical (unpaired) electrons. The minimum absolute atomic E-state index is 0.225. The van der Waals surface area contributed by atoms with E-state index in [4.69, 9.17) is 4.74 Å². The van der Waals surface area contributed by atoms with Crippen LogP contribution in [0.4, 0.5) is 0 Å². The van der Waals surface area contributed by atoms with E-state index in [1.807, 2.05) is 31.2 Å². The minimum Gasteiger partial charge on any atom is -0.422 e. The molecule has 4 heteroatoms. The van der Waals surface area contributed by atoms with Gasteiger partial charge in [0.15, 0.2) is 0 Å². The number of rotatable bonds is 3. The highest BCUT2D eigenvalue weighted by atomic mass is 16.5. The summed E-state index contributed by atoms with van der Waals surface area (Å²) in [5, 5.41) is 0.725. The van der Waals surface area contributed by atoms with Crippen LogP contribution >= 0.6 is 0 Å². The van der Waals surface area contributed by atoms with Gasteiger partial charge in [-0.15, -0.1) is 0 Å². The molecule has 2 aromatic carbocycles. The predicted octanol–water partition coefficient (Wildman–Crippen LogP) is 3.31. The highest BCUT2D eigenvalue weighted by molar-refractivity contribution is 5.95. The molecule has 0 saturated heterocycles. The standard InChI is InChI=1S/C18H15NO3/c1-2-13-16(22-18(21)12-8-4-3-5-9-12)14-10-6-7-11-15(14)19-17(13)20/h3-11H,2H2,1H3,(H,19,20). The zero-order valence-corrected chi connectivity index (χ0v) is 12.1. The average molecular weight is 293 g/mol. The zero-order chi connectivity index (χ0) is 15.5. The van der Waals surface area contributed by atoms with E-state index in [9.17, 15) is 9.59 Å². The lowest BCUT2D eigenvalue weighted by molar-refractivity contribution is 0.0735. The largest absolute Gasteiger partial charge is 0.422 e. The molecule has 1 heterocycles. The second kappa shape index (κ2) is 5.85. The molecule has 110 valence electrons. The summed E-state index contributed by atoms with van der Waals surface area (Å²) >= 11 is 0. The van der Waals surface area contributed by atoms with Crippen LogP contribution in [-0.2, 0) is 6.42 Å². The SMILES string of the molecule is CCc1c(OC(=O)c2ccccc2)c2ccccc2[nH]c1=O. The van der Waals surface area contributed by atoms with Crippen molar-refractivity contribution in [2.45, 2.75) is 13.3 Å². The number of ether oxygens (including phenoxy) is 1. The maximum atomic E-state index is 12.3. The Morgan fingerprint density at radius 2 is 1.73 bits per heavy atom. The van der Waals surface area contributed by atoms with E-state index in [0.717, 1.165) is 5.39 Å². The van der Waals surface area contributed by atoms with Crippen LogP contribution in [0.2, 0.25) is 0 Å². The molecule has 3 aromatic rings. The minimum atomic E-state index is -0.467. The highest BCUT2D eigenvalue weighted by Crippen LogP contribution is 2.27. The quantitative estimate of drug-likeness (QED) is 0.754. The number of fused-ring (bicyclic) bond motifs is 1. The van der Waals surface area contributed by atoms with Crippen LogP contribution in [0, 0.1) is 0 Å². The van der Waals surface area contributed by atoms with E-state index in [1.165, 1.54) is 0 Å². The summed E-state index contributed by atoms with van der Waals surface area (Å²) in [5.74, 6) is -0.123. The second-order valence-corrected chi connectivity index (χ2v) is 4.92. The number of aromatic amines is 1. The third-order valence-corrected chi connectivity index (χ3v) is 3.53. The van der Waals surface area contributed by atoms with Gasteiger partial charge in [0.25, 0.3) is 5.56 Å². The molecule has 0 amide bonds. The molecule has 1 N–H and O–H groups in total. The number of para-hydroxylation sites is 1. The van der Waals surface area contributed by atoms with E-state index in [2.05, 4.69) is 4.98 Å². The topological polar surface area (TPSA) is 59.2 Å². The van der Waals surface area contributed by atoms with Gasteiger partial charge in [0, 0.05) is 5.39 Å². The maximum absolute atomic E-state index is 12.3. The zero-order valence-electron chi connectivity index (χ0n) is 12.1. The van der Waals surface area contributed by atoms with Gasteiger partial charge >= 0.3 is 5.97 Å². The van der Waals surface area contributed by atoms with E-state index in [-0.39, 0.29) is 5.56 Å². The van der Waals surface area contributed by atoms with E-state index in [1.54, 1.807) is 30.3 Å². The number of carbonyl (C=O) groups excluding carboxylic acids is 1. The van der Waals surface area contributed by atoms with Gasteiger partial charge in [0.05, 0.1) is 16.6 Å². The number of H-pyrrole nitrogens is 1. The fourth-order valence-corrected chi connectivity index (χ4v) is 2.42. The van der Waals surface area contributed by atoms with Gasteiger partial charge in [-0.1, -0.05) is 37.3 Å². The van der Waals surface area contributed by atoms with Gasteiger partial charge in [-0.3, -0.25) is 4.79 Å². The molecule has 0 fully saturated rings. The molecule has 0 aliphatic heterocycles. The highest BCUT2D eigenvalue weighted by Gasteiger charge is 2.16. The molecule has 0 atom stereocenters. The first-order valence-corrected chi connectivity index (χ1v) is 7.12. The van der Waals surface area contributed by atoms with Crippen LogP contribution in [-0.4, -0.2) is 11.0 Å². The molecule has 22 heavy (non-hydrogen) atoms.